The average Bonchev–Trinajstić information content (AvgIpc) is 2.80. The van der Waals surface area contributed by atoms with Crippen molar-refractivity contribution in [1.29, 1.82) is 0 Å². The van der Waals surface area contributed by atoms with Gasteiger partial charge in [0.05, 0.1) is 25.7 Å². The molecule has 2 atom stereocenters. The Morgan fingerprint density at radius 1 is 1.25 bits per heavy atom. The van der Waals surface area contributed by atoms with Gasteiger partial charge < -0.3 is 14.8 Å². The van der Waals surface area contributed by atoms with Crippen LogP contribution in [0.4, 0.5) is 0 Å². The molecule has 1 saturated heterocycles. The number of carbonyl (C=O) groups is 1. The van der Waals surface area contributed by atoms with Crippen LogP contribution in [0.1, 0.15) is 38.3 Å². The number of ether oxygens (including phenoxy) is 2. The minimum absolute atomic E-state index is 0.0273. The average molecular weight is 481 g/mol. The van der Waals surface area contributed by atoms with E-state index >= 15 is 0 Å². The van der Waals surface area contributed by atoms with Gasteiger partial charge in [-0.1, -0.05) is 23.7 Å². The minimum Gasteiger partial charge on any atom is -0.497 e. The summed E-state index contributed by atoms with van der Waals surface area (Å²) >= 11 is 6.07. The number of hydrogen-bond acceptors (Lipinski definition) is 5. The number of carbonyl (C=O) groups excluding carboxylic acids is 1. The summed E-state index contributed by atoms with van der Waals surface area (Å²) in [4.78, 5) is 13.0. The Labute approximate surface area is 194 Å². The zero-order valence-corrected chi connectivity index (χ0v) is 20.1. The van der Waals surface area contributed by atoms with Crippen molar-refractivity contribution in [3.8, 4) is 11.5 Å². The van der Waals surface area contributed by atoms with Crippen LogP contribution < -0.4 is 14.8 Å². The standard InChI is InChI=1S/C23H29ClN2O5S/c1-4-31-21-12-9-19(24)14-22(21)32(28,29)26-13-5-6-18(15-26)23(27)25-16(2)17-7-10-20(30-3)11-8-17/h7-12,14,16,18H,4-6,13,15H2,1-3H3,(H,25,27). The maximum Gasteiger partial charge on any atom is 0.246 e. The zero-order valence-electron chi connectivity index (χ0n) is 18.5. The first-order chi connectivity index (χ1) is 15.3. The molecule has 1 heterocycles. The van der Waals surface area contributed by atoms with Crippen molar-refractivity contribution < 1.29 is 22.7 Å². The molecule has 0 bridgehead atoms. The highest BCUT2D eigenvalue weighted by Crippen LogP contribution is 2.32. The SMILES string of the molecule is CCOc1ccc(Cl)cc1S(=O)(=O)N1CCCC(C(=O)NC(C)c2ccc(OC)cc2)C1. The highest BCUT2D eigenvalue weighted by molar-refractivity contribution is 7.89. The van der Waals surface area contributed by atoms with Crippen molar-refractivity contribution in [2.75, 3.05) is 26.8 Å². The summed E-state index contributed by atoms with van der Waals surface area (Å²) in [6, 6.07) is 11.8. The maximum atomic E-state index is 13.4. The number of nitrogens with zero attached hydrogens (tertiary/aromatic N) is 1. The smallest absolute Gasteiger partial charge is 0.246 e. The number of amides is 1. The van der Waals surface area contributed by atoms with Crippen LogP contribution in [0.2, 0.25) is 5.02 Å². The van der Waals surface area contributed by atoms with Gasteiger partial charge in [0.1, 0.15) is 16.4 Å². The lowest BCUT2D eigenvalue weighted by Gasteiger charge is -2.32. The molecule has 0 spiro atoms. The molecule has 2 aromatic carbocycles. The lowest BCUT2D eigenvalue weighted by molar-refractivity contribution is -0.126. The molecule has 0 saturated carbocycles. The molecule has 1 aliphatic rings. The number of rotatable bonds is 8. The Balaban J connectivity index is 1.73. The predicted molar refractivity (Wildman–Crippen MR) is 124 cm³/mol. The fourth-order valence-electron chi connectivity index (χ4n) is 3.78. The first-order valence-corrected chi connectivity index (χ1v) is 12.4. The van der Waals surface area contributed by atoms with Gasteiger partial charge in [-0.3, -0.25) is 4.79 Å². The van der Waals surface area contributed by atoms with Gasteiger partial charge in [0.25, 0.3) is 0 Å². The van der Waals surface area contributed by atoms with E-state index in [2.05, 4.69) is 5.32 Å². The van der Waals surface area contributed by atoms with Crippen molar-refractivity contribution >= 4 is 27.5 Å². The van der Waals surface area contributed by atoms with Crippen molar-refractivity contribution in [3.05, 3.63) is 53.1 Å². The van der Waals surface area contributed by atoms with E-state index in [-0.39, 0.29) is 29.1 Å². The third-order valence-electron chi connectivity index (χ3n) is 5.55. The van der Waals surface area contributed by atoms with Crippen molar-refractivity contribution in [2.24, 2.45) is 5.92 Å². The number of nitrogens with one attached hydrogen (secondary N) is 1. The van der Waals surface area contributed by atoms with Crippen LogP contribution in [0.25, 0.3) is 0 Å². The molecule has 7 nitrogen and oxygen atoms in total. The second-order valence-electron chi connectivity index (χ2n) is 7.73. The molecule has 1 amide bonds. The molecule has 0 aliphatic carbocycles. The van der Waals surface area contributed by atoms with Crippen LogP contribution in [-0.4, -0.2) is 45.4 Å². The minimum atomic E-state index is -3.86. The Morgan fingerprint density at radius 2 is 1.97 bits per heavy atom. The second kappa shape index (κ2) is 10.6. The molecule has 174 valence electrons. The highest BCUT2D eigenvalue weighted by atomic mass is 35.5. The molecule has 0 aromatic heterocycles. The molecular formula is C23H29ClN2O5S. The van der Waals surface area contributed by atoms with Gasteiger partial charge in [0.2, 0.25) is 15.9 Å². The van der Waals surface area contributed by atoms with Gasteiger partial charge in [0.15, 0.2) is 0 Å². The number of hydrogen-bond donors (Lipinski definition) is 1. The van der Waals surface area contributed by atoms with Gasteiger partial charge >= 0.3 is 0 Å². The first kappa shape index (κ1) is 24.4. The van der Waals surface area contributed by atoms with Gasteiger partial charge in [0, 0.05) is 18.1 Å². The normalized spacial score (nSPS) is 18.1. The summed E-state index contributed by atoms with van der Waals surface area (Å²) in [5.74, 6) is 0.405. The van der Waals surface area contributed by atoms with E-state index < -0.39 is 15.9 Å². The quantitative estimate of drug-likeness (QED) is 0.616. The van der Waals surface area contributed by atoms with Crippen LogP contribution in [0, 0.1) is 5.92 Å². The van der Waals surface area contributed by atoms with E-state index in [1.807, 2.05) is 31.2 Å². The number of methoxy groups -OCH3 is 1. The van der Waals surface area contributed by atoms with E-state index in [1.54, 1.807) is 26.2 Å². The van der Waals surface area contributed by atoms with Crippen LogP contribution in [0.15, 0.2) is 47.4 Å². The third kappa shape index (κ3) is 5.54. The summed E-state index contributed by atoms with van der Waals surface area (Å²) in [7, 11) is -2.26. The summed E-state index contributed by atoms with van der Waals surface area (Å²) < 4.78 is 38.7. The number of piperidine rings is 1. The first-order valence-electron chi connectivity index (χ1n) is 10.6. The van der Waals surface area contributed by atoms with Crippen LogP contribution in [0.3, 0.4) is 0 Å². The topological polar surface area (TPSA) is 84.9 Å². The summed E-state index contributed by atoms with van der Waals surface area (Å²) in [5.41, 5.74) is 0.944. The Morgan fingerprint density at radius 3 is 2.62 bits per heavy atom. The molecule has 1 aliphatic heterocycles. The van der Waals surface area contributed by atoms with E-state index in [0.29, 0.717) is 31.0 Å². The van der Waals surface area contributed by atoms with Gasteiger partial charge in [-0.2, -0.15) is 4.31 Å². The van der Waals surface area contributed by atoms with Crippen LogP contribution in [-0.2, 0) is 14.8 Å². The Hall–Kier alpha value is -2.29. The fourth-order valence-corrected chi connectivity index (χ4v) is 5.70. The number of benzene rings is 2. The van der Waals surface area contributed by atoms with Crippen LogP contribution >= 0.6 is 11.6 Å². The van der Waals surface area contributed by atoms with Crippen molar-refractivity contribution in [2.45, 2.75) is 37.6 Å². The van der Waals surface area contributed by atoms with E-state index in [4.69, 9.17) is 21.1 Å². The molecular weight excluding hydrogens is 452 g/mol. The zero-order chi connectivity index (χ0) is 23.3. The summed E-state index contributed by atoms with van der Waals surface area (Å²) in [6.45, 7) is 4.48. The van der Waals surface area contributed by atoms with Gasteiger partial charge in [-0.15, -0.1) is 0 Å². The van der Waals surface area contributed by atoms with Crippen molar-refractivity contribution in [1.82, 2.24) is 9.62 Å². The molecule has 2 unspecified atom stereocenters. The summed E-state index contributed by atoms with van der Waals surface area (Å²) in [6.07, 6.45) is 1.22. The van der Waals surface area contributed by atoms with Gasteiger partial charge in [-0.25, -0.2) is 8.42 Å². The molecule has 9 heteroatoms. The molecule has 1 N–H and O–H groups in total. The molecule has 2 aromatic rings. The van der Waals surface area contributed by atoms with Gasteiger partial charge in [-0.05, 0) is 62.6 Å². The third-order valence-corrected chi connectivity index (χ3v) is 7.67. The lowest BCUT2D eigenvalue weighted by atomic mass is 9.98. The largest absolute Gasteiger partial charge is 0.497 e. The van der Waals surface area contributed by atoms with Crippen molar-refractivity contribution in [3.63, 3.8) is 0 Å². The fraction of sp³-hybridized carbons (Fsp3) is 0.435. The molecule has 1 fully saturated rings. The molecule has 0 radical (unpaired) electrons. The second-order valence-corrected chi connectivity index (χ2v) is 10.1. The van der Waals surface area contributed by atoms with E-state index in [1.165, 1.54) is 10.4 Å². The van der Waals surface area contributed by atoms with Crippen LogP contribution in [0.5, 0.6) is 11.5 Å². The summed E-state index contributed by atoms with van der Waals surface area (Å²) in [5, 5.41) is 3.32. The van der Waals surface area contributed by atoms with E-state index in [9.17, 15) is 13.2 Å². The monoisotopic (exact) mass is 480 g/mol. The molecule has 3 rings (SSSR count). The Bertz CT molecular complexity index is 1040. The lowest BCUT2D eigenvalue weighted by Crippen LogP contribution is -2.45. The maximum absolute atomic E-state index is 13.4. The van der Waals surface area contributed by atoms with E-state index in [0.717, 1.165) is 11.3 Å². The number of halogens is 1. The number of sulfonamides is 1. The molecule has 32 heavy (non-hydrogen) atoms. The Kier molecular flexibility index (Phi) is 8.03. The predicted octanol–water partition coefficient (Wildman–Crippen LogP) is 4.03. The highest BCUT2D eigenvalue weighted by Gasteiger charge is 2.35.